The summed E-state index contributed by atoms with van der Waals surface area (Å²) in [6, 6.07) is 4.02. The molecule has 3 heterocycles. The van der Waals surface area contributed by atoms with Gasteiger partial charge in [-0.15, -0.1) is 11.3 Å². The first-order valence-corrected chi connectivity index (χ1v) is 9.62. The molecule has 1 aliphatic rings. The van der Waals surface area contributed by atoms with Gasteiger partial charge >= 0.3 is 0 Å². The summed E-state index contributed by atoms with van der Waals surface area (Å²) < 4.78 is 16.7. The maximum Gasteiger partial charge on any atom is 0.286 e. The predicted octanol–water partition coefficient (Wildman–Crippen LogP) is 1.53. The van der Waals surface area contributed by atoms with Gasteiger partial charge in [0.25, 0.3) is 5.91 Å². The molecule has 0 saturated carbocycles. The smallest absolute Gasteiger partial charge is 0.286 e. The summed E-state index contributed by atoms with van der Waals surface area (Å²) in [5.41, 5.74) is 0. The van der Waals surface area contributed by atoms with Crippen molar-refractivity contribution in [3.63, 3.8) is 0 Å². The second-order valence-electron chi connectivity index (χ2n) is 5.86. The molecule has 3 N–H and O–H groups in total. The molecule has 0 fully saturated rings. The van der Waals surface area contributed by atoms with Crippen molar-refractivity contribution in [3.8, 4) is 0 Å². The van der Waals surface area contributed by atoms with Crippen LogP contribution in [0.15, 0.2) is 41.7 Å². The Morgan fingerprint density at radius 3 is 3.11 bits per heavy atom. The molecular formula is C18H23N3O5S. The Morgan fingerprint density at radius 1 is 1.44 bits per heavy atom. The number of hydrogen-bond donors (Lipinski definition) is 3. The summed E-state index contributed by atoms with van der Waals surface area (Å²) >= 11 is 1.64. The molecule has 0 aliphatic carbocycles. The first kappa shape index (κ1) is 19.6. The number of carbonyl (C=O) groups is 1. The Labute approximate surface area is 161 Å². The first-order chi connectivity index (χ1) is 13.3. The van der Waals surface area contributed by atoms with E-state index in [0.717, 1.165) is 4.88 Å². The van der Waals surface area contributed by atoms with Crippen molar-refractivity contribution >= 4 is 17.2 Å². The van der Waals surface area contributed by atoms with Crippen LogP contribution in [0.4, 0.5) is 0 Å². The topological polar surface area (TPSA) is 106 Å². The van der Waals surface area contributed by atoms with Crippen LogP contribution in [0.1, 0.15) is 23.0 Å². The minimum Gasteiger partial charge on any atom is -0.459 e. The van der Waals surface area contributed by atoms with Gasteiger partial charge in [0.05, 0.1) is 33.0 Å². The average molecular weight is 393 g/mol. The number of allylic oxidation sites excluding steroid dienone is 1. The number of amides is 1. The van der Waals surface area contributed by atoms with Crippen LogP contribution in [0.2, 0.25) is 0 Å². The average Bonchev–Trinajstić information content (AvgIpc) is 3.39. The maximum absolute atomic E-state index is 12.5. The van der Waals surface area contributed by atoms with Crippen LogP contribution in [0.5, 0.6) is 0 Å². The van der Waals surface area contributed by atoms with Crippen molar-refractivity contribution in [3.05, 3.63) is 52.4 Å². The van der Waals surface area contributed by atoms with E-state index in [1.165, 1.54) is 0 Å². The minimum atomic E-state index is -0.538. The van der Waals surface area contributed by atoms with Gasteiger partial charge in [0, 0.05) is 29.6 Å². The summed E-state index contributed by atoms with van der Waals surface area (Å²) in [7, 11) is 0. The van der Waals surface area contributed by atoms with Crippen LogP contribution < -0.4 is 5.32 Å². The number of aliphatic hydroxyl groups excluding tert-OH is 1. The van der Waals surface area contributed by atoms with Gasteiger partial charge in [-0.2, -0.15) is 0 Å². The van der Waals surface area contributed by atoms with E-state index in [2.05, 4.69) is 15.3 Å². The van der Waals surface area contributed by atoms with E-state index in [1.807, 2.05) is 23.6 Å². The molecule has 0 unspecified atom stereocenters. The van der Waals surface area contributed by atoms with Gasteiger partial charge in [-0.25, -0.2) is 4.98 Å². The lowest BCUT2D eigenvalue weighted by atomic mass is 9.99. The molecule has 0 saturated heterocycles. The quantitative estimate of drug-likeness (QED) is 0.529. The zero-order chi connectivity index (χ0) is 18.9. The number of nitrogens with one attached hydrogen (secondary N) is 2. The number of hydrogen-bond acceptors (Lipinski definition) is 7. The molecule has 146 valence electrons. The number of ether oxygens (including phenoxy) is 3. The third-order valence-corrected chi connectivity index (χ3v) is 4.93. The lowest BCUT2D eigenvalue weighted by Gasteiger charge is -2.28. The molecule has 0 aromatic carbocycles. The zero-order valence-corrected chi connectivity index (χ0v) is 15.6. The van der Waals surface area contributed by atoms with Crippen LogP contribution in [-0.4, -0.2) is 53.7 Å². The number of rotatable bonds is 10. The Balaban J connectivity index is 1.60. The van der Waals surface area contributed by atoms with Gasteiger partial charge in [-0.05, 0) is 17.5 Å². The second kappa shape index (κ2) is 10.2. The number of H-pyrrole nitrogens is 1. The van der Waals surface area contributed by atoms with Gasteiger partial charge in [0.2, 0.25) is 6.29 Å². The van der Waals surface area contributed by atoms with Crippen molar-refractivity contribution in [2.45, 2.75) is 25.2 Å². The molecule has 0 radical (unpaired) electrons. The van der Waals surface area contributed by atoms with E-state index >= 15 is 0 Å². The molecule has 2 atom stereocenters. The molecule has 1 amide bonds. The van der Waals surface area contributed by atoms with E-state index in [4.69, 9.17) is 19.3 Å². The van der Waals surface area contributed by atoms with Gasteiger partial charge in [-0.1, -0.05) is 6.07 Å². The van der Waals surface area contributed by atoms with Gasteiger partial charge in [-0.3, -0.25) is 4.79 Å². The maximum atomic E-state index is 12.5. The highest BCUT2D eigenvalue weighted by Gasteiger charge is 2.29. The van der Waals surface area contributed by atoms with Crippen molar-refractivity contribution in [2.75, 3.05) is 26.4 Å². The molecule has 0 spiro atoms. The molecular weight excluding hydrogens is 370 g/mol. The first-order valence-electron chi connectivity index (χ1n) is 8.75. The standard InChI is InChI=1S/C18H23N3O5S/c22-5-6-24-7-8-25-17-11-13(15-2-1-9-27-15)10-14(26-17)18(23)21-12-16-19-3-4-20-16/h1-4,9-10,13,17,22H,5-8,11-12H2,(H,19,20)(H,21,23)/t13-,17+/m1/s1. The third kappa shape index (κ3) is 5.90. The Bertz CT molecular complexity index is 717. The van der Waals surface area contributed by atoms with Crippen molar-refractivity contribution in [1.82, 2.24) is 15.3 Å². The van der Waals surface area contributed by atoms with E-state index < -0.39 is 6.29 Å². The van der Waals surface area contributed by atoms with E-state index in [-0.39, 0.29) is 37.3 Å². The van der Waals surface area contributed by atoms with E-state index in [9.17, 15) is 4.79 Å². The van der Waals surface area contributed by atoms with Crippen molar-refractivity contribution in [2.24, 2.45) is 0 Å². The van der Waals surface area contributed by atoms with Crippen LogP contribution in [0, 0.1) is 0 Å². The largest absolute Gasteiger partial charge is 0.459 e. The number of carbonyl (C=O) groups excluding carboxylic acids is 1. The summed E-state index contributed by atoms with van der Waals surface area (Å²) in [6.07, 6.45) is 5.26. The number of nitrogens with zero attached hydrogens (tertiary/aromatic N) is 1. The predicted molar refractivity (Wildman–Crippen MR) is 98.9 cm³/mol. The molecule has 1 aliphatic heterocycles. The van der Waals surface area contributed by atoms with Gasteiger partial charge in [0.15, 0.2) is 5.76 Å². The SMILES string of the molecule is O=C(NCc1ncc[nH]1)C1=C[C@@H](c2cccs2)C[C@@H](OCCOCCO)O1. The van der Waals surface area contributed by atoms with Crippen LogP contribution in [0.3, 0.4) is 0 Å². The number of aromatic nitrogens is 2. The second-order valence-corrected chi connectivity index (χ2v) is 6.84. The molecule has 27 heavy (non-hydrogen) atoms. The number of imidazole rings is 1. The Hall–Kier alpha value is -2.20. The summed E-state index contributed by atoms with van der Waals surface area (Å²) in [5.74, 6) is 0.653. The zero-order valence-electron chi connectivity index (χ0n) is 14.8. The third-order valence-electron chi connectivity index (χ3n) is 3.93. The number of aliphatic hydroxyl groups is 1. The van der Waals surface area contributed by atoms with Crippen LogP contribution in [0.25, 0.3) is 0 Å². The van der Waals surface area contributed by atoms with Crippen molar-refractivity contribution < 1.29 is 24.1 Å². The van der Waals surface area contributed by atoms with E-state index in [1.54, 1.807) is 23.7 Å². The fourth-order valence-electron chi connectivity index (χ4n) is 2.67. The summed E-state index contributed by atoms with van der Waals surface area (Å²) in [5, 5.41) is 13.5. The lowest BCUT2D eigenvalue weighted by Crippen LogP contribution is -2.33. The molecule has 8 nitrogen and oxygen atoms in total. The summed E-state index contributed by atoms with van der Waals surface area (Å²) in [4.78, 5) is 20.7. The molecule has 2 aromatic heterocycles. The normalized spacial score (nSPS) is 19.4. The van der Waals surface area contributed by atoms with Crippen molar-refractivity contribution in [1.29, 1.82) is 0 Å². The molecule has 9 heteroatoms. The fourth-order valence-corrected chi connectivity index (χ4v) is 3.48. The highest BCUT2D eigenvalue weighted by molar-refractivity contribution is 7.10. The van der Waals surface area contributed by atoms with Gasteiger partial charge < -0.3 is 29.6 Å². The Kier molecular flexibility index (Phi) is 7.40. The summed E-state index contributed by atoms with van der Waals surface area (Å²) in [6.45, 7) is 1.21. The monoisotopic (exact) mass is 393 g/mol. The molecule has 2 aromatic rings. The van der Waals surface area contributed by atoms with Gasteiger partial charge in [0.1, 0.15) is 5.82 Å². The Morgan fingerprint density at radius 2 is 2.37 bits per heavy atom. The number of thiophene rings is 1. The number of aromatic amines is 1. The fraction of sp³-hybridized carbons (Fsp3) is 0.444. The molecule has 3 rings (SSSR count). The van der Waals surface area contributed by atoms with Crippen LogP contribution in [-0.2, 0) is 25.5 Å². The molecule has 0 bridgehead atoms. The van der Waals surface area contributed by atoms with E-state index in [0.29, 0.717) is 25.5 Å². The van der Waals surface area contributed by atoms with Crippen LogP contribution >= 0.6 is 11.3 Å². The highest BCUT2D eigenvalue weighted by atomic mass is 32.1. The lowest BCUT2D eigenvalue weighted by molar-refractivity contribution is -0.151. The minimum absolute atomic E-state index is 0.0247. The highest BCUT2D eigenvalue weighted by Crippen LogP contribution is 2.33.